The first-order chi connectivity index (χ1) is 10.3. The first kappa shape index (κ1) is 13.2. The standard InChI is InChI=1S/C15H18N4OS/c1-19-6-7-21-9-13(19)14-17-15(20-18-14)11-8-16-12-5-3-2-4-10(11)12/h2-5,11,13,16H,6-9H2,1H3. The van der Waals surface area contributed by atoms with E-state index in [0.29, 0.717) is 0 Å². The molecule has 0 amide bonds. The van der Waals surface area contributed by atoms with Crippen LogP contribution in [0.1, 0.15) is 29.2 Å². The van der Waals surface area contributed by atoms with Crippen LogP contribution in [-0.4, -0.2) is 46.7 Å². The Morgan fingerprint density at radius 3 is 3.19 bits per heavy atom. The lowest BCUT2D eigenvalue weighted by molar-refractivity contribution is 0.256. The van der Waals surface area contributed by atoms with E-state index in [9.17, 15) is 0 Å². The normalized spacial score (nSPS) is 25.6. The Kier molecular flexibility index (Phi) is 3.35. The van der Waals surface area contributed by atoms with E-state index in [2.05, 4.69) is 40.6 Å². The minimum Gasteiger partial charge on any atom is -0.384 e. The number of fused-ring (bicyclic) bond motifs is 1. The number of anilines is 1. The van der Waals surface area contributed by atoms with Gasteiger partial charge < -0.3 is 9.84 Å². The molecular formula is C15H18N4OS. The summed E-state index contributed by atoms with van der Waals surface area (Å²) in [6.07, 6.45) is 0. The maximum absolute atomic E-state index is 5.57. The fourth-order valence-corrected chi connectivity index (χ4v) is 4.20. The lowest BCUT2D eigenvalue weighted by atomic mass is 10.0. The highest BCUT2D eigenvalue weighted by atomic mass is 32.2. The van der Waals surface area contributed by atoms with E-state index in [1.165, 1.54) is 17.0 Å². The van der Waals surface area contributed by atoms with Crippen LogP contribution in [0.15, 0.2) is 28.8 Å². The number of benzene rings is 1. The van der Waals surface area contributed by atoms with Crippen molar-refractivity contribution in [1.29, 1.82) is 0 Å². The molecule has 0 bridgehead atoms. The van der Waals surface area contributed by atoms with Crippen LogP contribution in [0.3, 0.4) is 0 Å². The van der Waals surface area contributed by atoms with E-state index in [4.69, 9.17) is 9.51 Å². The zero-order chi connectivity index (χ0) is 14.2. The van der Waals surface area contributed by atoms with Crippen LogP contribution in [0, 0.1) is 0 Å². The van der Waals surface area contributed by atoms with Gasteiger partial charge in [-0.05, 0) is 18.7 Å². The summed E-state index contributed by atoms with van der Waals surface area (Å²) < 4.78 is 5.57. The van der Waals surface area contributed by atoms with E-state index in [1.54, 1.807) is 0 Å². The lowest BCUT2D eigenvalue weighted by Gasteiger charge is -2.29. The number of rotatable bonds is 2. The van der Waals surface area contributed by atoms with Crippen LogP contribution in [0.25, 0.3) is 0 Å². The molecule has 2 aliphatic rings. The van der Waals surface area contributed by atoms with Crippen molar-refractivity contribution in [2.24, 2.45) is 0 Å². The average Bonchev–Trinajstić information content (AvgIpc) is 3.14. The zero-order valence-corrected chi connectivity index (χ0v) is 12.8. The van der Waals surface area contributed by atoms with Crippen LogP contribution >= 0.6 is 11.8 Å². The fourth-order valence-electron chi connectivity index (χ4n) is 2.99. The van der Waals surface area contributed by atoms with Gasteiger partial charge in [-0.3, -0.25) is 4.90 Å². The summed E-state index contributed by atoms with van der Waals surface area (Å²) in [5, 5.41) is 7.64. The molecule has 1 aromatic carbocycles. The van der Waals surface area contributed by atoms with Crippen molar-refractivity contribution in [3.63, 3.8) is 0 Å². The van der Waals surface area contributed by atoms with Crippen molar-refractivity contribution in [2.75, 3.05) is 37.0 Å². The Hall–Kier alpha value is -1.53. The molecule has 1 fully saturated rings. The molecule has 2 atom stereocenters. The molecule has 6 heteroatoms. The topological polar surface area (TPSA) is 54.2 Å². The van der Waals surface area contributed by atoms with Crippen LogP contribution in [0.5, 0.6) is 0 Å². The van der Waals surface area contributed by atoms with Gasteiger partial charge in [0.05, 0.1) is 12.0 Å². The Labute approximate surface area is 128 Å². The Balaban J connectivity index is 1.61. The fraction of sp³-hybridized carbons (Fsp3) is 0.467. The molecule has 0 spiro atoms. The number of nitrogens with one attached hydrogen (secondary N) is 1. The SMILES string of the molecule is CN1CCSCC1c1noc(C2CNc3ccccc32)n1. The van der Waals surface area contributed by atoms with Gasteiger partial charge in [-0.2, -0.15) is 16.7 Å². The lowest BCUT2D eigenvalue weighted by Crippen LogP contribution is -2.33. The molecule has 21 heavy (non-hydrogen) atoms. The zero-order valence-electron chi connectivity index (χ0n) is 12.0. The third kappa shape index (κ3) is 2.32. The average molecular weight is 302 g/mol. The van der Waals surface area contributed by atoms with Crippen LogP contribution in [-0.2, 0) is 0 Å². The van der Waals surface area contributed by atoms with Gasteiger partial charge in [-0.1, -0.05) is 23.4 Å². The second-order valence-corrected chi connectivity index (χ2v) is 6.73. The summed E-state index contributed by atoms with van der Waals surface area (Å²) in [4.78, 5) is 7.00. The second-order valence-electron chi connectivity index (χ2n) is 5.58. The van der Waals surface area contributed by atoms with E-state index in [1.807, 2.05) is 17.8 Å². The number of aromatic nitrogens is 2. The molecule has 110 valence electrons. The molecule has 2 aromatic rings. The third-order valence-electron chi connectivity index (χ3n) is 4.28. The summed E-state index contributed by atoms with van der Waals surface area (Å²) in [6, 6.07) is 8.60. The van der Waals surface area contributed by atoms with Crippen LogP contribution in [0.2, 0.25) is 0 Å². The van der Waals surface area contributed by atoms with Crippen molar-refractivity contribution in [3.05, 3.63) is 41.5 Å². The van der Waals surface area contributed by atoms with Crippen LogP contribution < -0.4 is 5.32 Å². The second kappa shape index (κ2) is 5.35. The number of thioether (sulfide) groups is 1. The predicted molar refractivity (Wildman–Crippen MR) is 83.8 cm³/mol. The number of hydrogen-bond donors (Lipinski definition) is 1. The van der Waals surface area contributed by atoms with Gasteiger partial charge in [-0.15, -0.1) is 0 Å². The number of para-hydroxylation sites is 1. The number of nitrogens with zero attached hydrogens (tertiary/aromatic N) is 3. The predicted octanol–water partition coefficient (Wildman–Crippen LogP) is 2.35. The molecule has 1 saturated heterocycles. The maximum Gasteiger partial charge on any atom is 0.236 e. The van der Waals surface area contributed by atoms with Gasteiger partial charge in [-0.25, -0.2) is 0 Å². The minimum absolute atomic E-state index is 0.170. The molecular weight excluding hydrogens is 284 g/mol. The Bertz CT molecular complexity index is 644. The molecule has 0 aliphatic carbocycles. The summed E-state index contributed by atoms with van der Waals surface area (Å²) >= 11 is 1.96. The molecule has 2 aliphatic heterocycles. The first-order valence-corrected chi connectivity index (χ1v) is 8.42. The molecule has 2 unspecified atom stereocenters. The van der Waals surface area contributed by atoms with Gasteiger partial charge >= 0.3 is 0 Å². The Morgan fingerprint density at radius 2 is 2.29 bits per heavy atom. The first-order valence-electron chi connectivity index (χ1n) is 7.27. The monoisotopic (exact) mass is 302 g/mol. The molecule has 5 nitrogen and oxygen atoms in total. The Morgan fingerprint density at radius 1 is 1.38 bits per heavy atom. The van der Waals surface area contributed by atoms with Crippen molar-refractivity contribution in [1.82, 2.24) is 15.0 Å². The van der Waals surface area contributed by atoms with E-state index >= 15 is 0 Å². The van der Waals surface area contributed by atoms with Gasteiger partial charge in [0, 0.05) is 30.3 Å². The summed E-state index contributed by atoms with van der Waals surface area (Å²) in [6.45, 7) is 1.91. The summed E-state index contributed by atoms with van der Waals surface area (Å²) in [5.41, 5.74) is 2.42. The van der Waals surface area contributed by atoms with Crippen molar-refractivity contribution in [2.45, 2.75) is 12.0 Å². The molecule has 1 N–H and O–H groups in total. The summed E-state index contributed by atoms with van der Waals surface area (Å²) in [7, 11) is 2.13. The highest BCUT2D eigenvalue weighted by molar-refractivity contribution is 7.99. The summed E-state index contributed by atoms with van der Waals surface area (Å²) in [5.74, 6) is 3.94. The van der Waals surface area contributed by atoms with Crippen molar-refractivity contribution in [3.8, 4) is 0 Å². The quantitative estimate of drug-likeness (QED) is 0.919. The molecule has 4 rings (SSSR count). The van der Waals surface area contributed by atoms with E-state index in [-0.39, 0.29) is 12.0 Å². The molecule has 3 heterocycles. The minimum atomic E-state index is 0.170. The highest BCUT2D eigenvalue weighted by Gasteiger charge is 2.31. The molecule has 0 radical (unpaired) electrons. The maximum atomic E-state index is 5.57. The van der Waals surface area contributed by atoms with E-state index < -0.39 is 0 Å². The number of hydrogen-bond acceptors (Lipinski definition) is 6. The molecule has 1 aromatic heterocycles. The third-order valence-corrected chi connectivity index (χ3v) is 5.31. The smallest absolute Gasteiger partial charge is 0.236 e. The van der Waals surface area contributed by atoms with Gasteiger partial charge in [0.1, 0.15) is 0 Å². The van der Waals surface area contributed by atoms with Gasteiger partial charge in [0.25, 0.3) is 0 Å². The van der Waals surface area contributed by atoms with Gasteiger partial charge in [0.2, 0.25) is 5.89 Å². The highest BCUT2D eigenvalue weighted by Crippen LogP contribution is 2.36. The van der Waals surface area contributed by atoms with Crippen LogP contribution in [0.4, 0.5) is 5.69 Å². The van der Waals surface area contributed by atoms with Gasteiger partial charge in [0.15, 0.2) is 5.82 Å². The largest absolute Gasteiger partial charge is 0.384 e. The van der Waals surface area contributed by atoms with Crippen molar-refractivity contribution < 1.29 is 4.52 Å². The van der Waals surface area contributed by atoms with Crippen molar-refractivity contribution >= 4 is 17.4 Å². The van der Waals surface area contributed by atoms with E-state index in [0.717, 1.165) is 30.6 Å². The molecule has 0 saturated carbocycles.